The summed E-state index contributed by atoms with van der Waals surface area (Å²) in [5.41, 5.74) is 6.07. The summed E-state index contributed by atoms with van der Waals surface area (Å²) in [5, 5.41) is 13.1. The highest BCUT2D eigenvalue weighted by Gasteiger charge is 2.17. The summed E-state index contributed by atoms with van der Waals surface area (Å²) in [7, 11) is 0. The minimum Gasteiger partial charge on any atom is -0.302 e. The number of aromatic nitrogens is 4. The molecule has 0 radical (unpaired) electrons. The molecule has 31 heavy (non-hydrogen) atoms. The first-order valence-electron chi connectivity index (χ1n) is 10.5. The molecule has 0 aliphatic rings. The van der Waals surface area contributed by atoms with Crippen LogP contribution in [0.25, 0.3) is 22.0 Å². The van der Waals surface area contributed by atoms with Crippen molar-refractivity contribution in [3.05, 3.63) is 70.7 Å². The predicted octanol–water partition coefficient (Wildman–Crippen LogP) is 6.99. The van der Waals surface area contributed by atoms with Crippen molar-refractivity contribution >= 4 is 23.1 Å². The highest BCUT2D eigenvalue weighted by atomic mass is 32.2. The van der Waals surface area contributed by atoms with Gasteiger partial charge in [0.25, 0.3) is 0 Å². The summed E-state index contributed by atoms with van der Waals surface area (Å²) >= 11 is 3.39. The molecule has 0 saturated carbocycles. The molecule has 6 heteroatoms. The van der Waals surface area contributed by atoms with Crippen LogP contribution >= 0.6 is 23.1 Å². The van der Waals surface area contributed by atoms with Crippen molar-refractivity contribution in [1.82, 2.24) is 19.7 Å². The van der Waals surface area contributed by atoms with Crippen molar-refractivity contribution in [2.24, 2.45) is 0 Å². The second-order valence-electron chi connectivity index (χ2n) is 8.68. The van der Waals surface area contributed by atoms with E-state index in [9.17, 15) is 0 Å². The van der Waals surface area contributed by atoms with Gasteiger partial charge in [-0.15, -0.1) is 21.5 Å². The summed E-state index contributed by atoms with van der Waals surface area (Å²) in [4.78, 5) is 4.83. The molecule has 0 atom stereocenters. The van der Waals surface area contributed by atoms with E-state index in [1.807, 2.05) is 0 Å². The number of thiazole rings is 1. The number of rotatable bonds is 6. The van der Waals surface area contributed by atoms with Crippen LogP contribution in [0, 0.1) is 6.92 Å². The summed E-state index contributed by atoms with van der Waals surface area (Å²) in [6, 6.07) is 17.2. The molecule has 0 fully saturated rings. The standard InChI is InChI=1S/C25H28N4S2/c1-6-29-22(18-10-12-20(13-11-18)25(3,4)5)27-28-24(29)31-16-21-15-30-23(26-21)19-9-7-8-17(2)14-19/h7-15H,6,16H2,1-5H3. The molecule has 2 heterocycles. The Labute approximate surface area is 192 Å². The molecule has 160 valence electrons. The second kappa shape index (κ2) is 8.97. The highest BCUT2D eigenvalue weighted by molar-refractivity contribution is 7.98. The van der Waals surface area contributed by atoms with Gasteiger partial charge in [-0.1, -0.05) is 80.6 Å². The van der Waals surface area contributed by atoms with E-state index in [1.165, 1.54) is 16.7 Å². The number of nitrogens with zero attached hydrogens (tertiary/aromatic N) is 4. The first-order chi connectivity index (χ1) is 14.8. The molecule has 0 aliphatic carbocycles. The molecule has 2 aromatic heterocycles. The first-order valence-corrected chi connectivity index (χ1v) is 12.4. The Kier molecular flexibility index (Phi) is 6.30. The molecule has 4 aromatic rings. The van der Waals surface area contributed by atoms with E-state index in [2.05, 4.69) is 103 Å². The van der Waals surface area contributed by atoms with E-state index in [1.54, 1.807) is 23.1 Å². The van der Waals surface area contributed by atoms with Crippen molar-refractivity contribution in [2.75, 3.05) is 0 Å². The van der Waals surface area contributed by atoms with E-state index in [0.717, 1.165) is 39.5 Å². The minimum atomic E-state index is 0.142. The number of hydrogen-bond donors (Lipinski definition) is 0. The smallest absolute Gasteiger partial charge is 0.191 e. The SMILES string of the molecule is CCn1c(SCc2csc(-c3cccc(C)c3)n2)nnc1-c1ccc(C(C)(C)C)cc1. The molecule has 0 aliphatic heterocycles. The van der Waals surface area contributed by atoms with Gasteiger partial charge in [0.15, 0.2) is 11.0 Å². The van der Waals surface area contributed by atoms with Crippen LogP contribution in [-0.4, -0.2) is 19.7 Å². The zero-order chi connectivity index (χ0) is 22.0. The molecule has 0 saturated heterocycles. The Balaban J connectivity index is 1.50. The van der Waals surface area contributed by atoms with Crippen LogP contribution in [0.4, 0.5) is 0 Å². The molecule has 0 spiro atoms. The number of benzene rings is 2. The van der Waals surface area contributed by atoms with Crippen molar-refractivity contribution in [3.8, 4) is 22.0 Å². The first kappa shape index (κ1) is 21.8. The molecule has 4 nitrogen and oxygen atoms in total. The molecule has 2 aromatic carbocycles. The quantitative estimate of drug-likeness (QED) is 0.298. The van der Waals surface area contributed by atoms with Crippen molar-refractivity contribution in [3.63, 3.8) is 0 Å². The zero-order valence-corrected chi connectivity index (χ0v) is 20.3. The van der Waals surface area contributed by atoms with Crippen LogP contribution in [0.15, 0.2) is 59.1 Å². The van der Waals surface area contributed by atoms with Gasteiger partial charge in [0, 0.05) is 28.8 Å². The largest absolute Gasteiger partial charge is 0.302 e. The van der Waals surface area contributed by atoms with Gasteiger partial charge in [0.2, 0.25) is 0 Å². The summed E-state index contributed by atoms with van der Waals surface area (Å²) in [5.74, 6) is 1.70. The van der Waals surface area contributed by atoms with Gasteiger partial charge in [-0.3, -0.25) is 0 Å². The lowest BCUT2D eigenvalue weighted by Crippen LogP contribution is -2.10. The maximum Gasteiger partial charge on any atom is 0.191 e. The molecule has 4 rings (SSSR count). The van der Waals surface area contributed by atoms with Gasteiger partial charge in [-0.2, -0.15) is 0 Å². The molecule has 0 amide bonds. The van der Waals surface area contributed by atoms with E-state index in [4.69, 9.17) is 4.98 Å². The lowest BCUT2D eigenvalue weighted by atomic mass is 9.87. The Bertz CT molecular complexity index is 1170. The fourth-order valence-corrected chi connectivity index (χ4v) is 5.25. The van der Waals surface area contributed by atoms with Crippen molar-refractivity contribution in [1.29, 1.82) is 0 Å². The van der Waals surface area contributed by atoms with Crippen LogP contribution in [0.5, 0.6) is 0 Å². The van der Waals surface area contributed by atoms with E-state index in [-0.39, 0.29) is 5.41 Å². The summed E-state index contributed by atoms with van der Waals surface area (Å²) in [6.07, 6.45) is 0. The molecule has 0 unspecified atom stereocenters. The monoisotopic (exact) mass is 448 g/mol. The van der Waals surface area contributed by atoms with E-state index < -0.39 is 0 Å². The Morgan fingerprint density at radius 3 is 2.45 bits per heavy atom. The van der Waals surface area contributed by atoms with Crippen LogP contribution in [0.1, 0.15) is 44.5 Å². The topological polar surface area (TPSA) is 43.6 Å². The van der Waals surface area contributed by atoms with Crippen molar-refractivity contribution < 1.29 is 0 Å². The average Bonchev–Trinajstić information content (AvgIpc) is 3.38. The lowest BCUT2D eigenvalue weighted by Gasteiger charge is -2.19. The predicted molar refractivity (Wildman–Crippen MR) is 132 cm³/mol. The Morgan fingerprint density at radius 2 is 1.77 bits per heavy atom. The summed E-state index contributed by atoms with van der Waals surface area (Å²) < 4.78 is 2.19. The van der Waals surface area contributed by atoms with E-state index in [0.29, 0.717) is 0 Å². The van der Waals surface area contributed by atoms with Gasteiger partial charge >= 0.3 is 0 Å². The lowest BCUT2D eigenvalue weighted by molar-refractivity contribution is 0.590. The Hall–Kier alpha value is -2.44. The highest BCUT2D eigenvalue weighted by Crippen LogP contribution is 2.30. The third-order valence-corrected chi connectivity index (χ3v) is 7.15. The normalized spacial score (nSPS) is 11.8. The molecule has 0 N–H and O–H groups in total. The Morgan fingerprint density at radius 1 is 1.00 bits per heavy atom. The molecular weight excluding hydrogens is 420 g/mol. The van der Waals surface area contributed by atoms with Gasteiger partial charge in [-0.05, 0) is 30.9 Å². The third kappa shape index (κ3) is 4.91. The molecular formula is C25H28N4S2. The van der Waals surface area contributed by atoms with Crippen LogP contribution in [-0.2, 0) is 17.7 Å². The zero-order valence-electron chi connectivity index (χ0n) is 18.7. The van der Waals surface area contributed by atoms with Gasteiger partial charge in [0.05, 0.1) is 5.69 Å². The van der Waals surface area contributed by atoms with Crippen LogP contribution in [0.2, 0.25) is 0 Å². The molecule has 0 bridgehead atoms. The summed E-state index contributed by atoms with van der Waals surface area (Å²) in [6.45, 7) is 11.8. The third-order valence-electron chi connectivity index (χ3n) is 5.21. The van der Waals surface area contributed by atoms with Gasteiger partial charge in [0.1, 0.15) is 5.01 Å². The van der Waals surface area contributed by atoms with E-state index >= 15 is 0 Å². The number of thioether (sulfide) groups is 1. The number of hydrogen-bond acceptors (Lipinski definition) is 5. The van der Waals surface area contributed by atoms with Crippen molar-refractivity contribution in [2.45, 2.75) is 57.5 Å². The average molecular weight is 449 g/mol. The van der Waals surface area contributed by atoms with Gasteiger partial charge < -0.3 is 4.57 Å². The van der Waals surface area contributed by atoms with Crippen LogP contribution < -0.4 is 0 Å². The van der Waals surface area contributed by atoms with Crippen LogP contribution in [0.3, 0.4) is 0 Å². The number of aryl methyl sites for hydroxylation is 1. The maximum atomic E-state index is 4.83. The minimum absolute atomic E-state index is 0.142. The second-order valence-corrected chi connectivity index (χ2v) is 10.5. The maximum absolute atomic E-state index is 4.83. The fraction of sp³-hybridized carbons (Fsp3) is 0.320. The van der Waals surface area contributed by atoms with Gasteiger partial charge in [-0.25, -0.2) is 4.98 Å². The fourth-order valence-electron chi connectivity index (χ4n) is 3.44.